The summed E-state index contributed by atoms with van der Waals surface area (Å²) in [5.41, 5.74) is 0. The van der Waals surface area contributed by atoms with Crippen molar-refractivity contribution < 1.29 is 14.4 Å². The van der Waals surface area contributed by atoms with Crippen molar-refractivity contribution in [3.63, 3.8) is 0 Å². The van der Waals surface area contributed by atoms with Crippen molar-refractivity contribution in [2.24, 2.45) is 0 Å². The summed E-state index contributed by atoms with van der Waals surface area (Å²) in [4.78, 5) is 33.4. The fourth-order valence-electron chi connectivity index (χ4n) is 1.35. The molecule has 0 radical (unpaired) electrons. The number of amides is 1. The average molecular weight is 371 g/mol. The number of Topliss-reactive ketones (excluding diaryl/α,β-unsaturated/α-hetero) is 2. The van der Waals surface area contributed by atoms with Gasteiger partial charge in [0.1, 0.15) is 5.78 Å². The Balaban J connectivity index is 3.90. The molecule has 0 aromatic carbocycles. The predicted octanol–water partition coefficient (Wildman–Crippen LogP) is 1.98. The van der Waals surface area contributed by atoms with Gasteiger partial charge in [0.2, 0.25) is 5.91 Å². The molecule has 0 rings (SSSR count). The highest BCUT2D eigenvalue weighted by molar-refractivity contribution is 9.09. The molecule has 4 nitrogen and oxygen atoms in total. The Morgan fingerprint density at radius 1 is 1.12 bits per heavy atom. The molecule has 6 heteroatoms. The molecule has 0 bridgehead atoms. The number of hydrogen-bond acceptors (Lipinski definition) is 3. The van der Waals surface area contributed by atoms with Crippen LogP contribution in [0.25, 0.3) is 0 Å². The number of unbranched alkanes of at least 4 members (excludes halogenated alkanes) is 1. The lowest BCUT2D eigenvalue weighted by Crippen LogP contribution is -2.40. The highest BCUT2D eigenvalue weighted by atomic mass is 79.9. The molecule has 1 atom stereocenters. The normalized spacial score (nSPS) is 11.9. The van der Waals surface area contributed by atoms with Crippen molar-refractivity contribution in [1.82, 2.24) is 5.32 Å². The number of carbonyl (C=O) groups is 3. The largest absolute Gasteiger partial charge is 0.346 e. The minimum Gasteiger partial charge on any atom is -0.346 e. The smallest absolute Gasteiger partial charge is 0.231 e. The summed E-state index contributed by atoms with van der Waals surface area (Å²) < 4.78 is 0. The highest BCUT2D eigenvalue weighted by Gasteiger charge is 2.15. The lowest BCUT2D eigenvalue weighted by molar-refractivity contribution is -0.125. The van der Waals surface area contributed by atoms with Crippen LogP contribution in [0.3, 0.4) is 0 Å². The van der Waals surface area contributed by atoms with E-state index >= 15 is 0 Å². The second-order valence-electron chi connectivity index (χ2n) is 3.78. The summed E-state index contributed by atoms with van der Waals surface area (Å²) in [5.74, 6) is -0.0817. The molecule has 0 aliphatic rings. The van der Waals surface area contributed by atoms with Crippen LogP contribution in [0.15, 0.2) is 0 Å². The van der Waals surface area contributed by atoms with Gasteiger partial charge in [0.15, 0.2) is 5.78 Å². The first kappa shape index (κ1) is 16.8. The number of hydrogen-bond donors (Lipinski definition) is 1. The molecule has 1 N–H and O–H groups in total. The SMILES string of the molecule is CC(=O)C(CCCCC(=O)CBr)NC(=O)CBr. The molecular formula is C11H17Br2NO3. The van der Waals surface area contributed by atoms with E-state index in [1.54, 1.807) is 0 Å². The monoisotopic (exact) mass is 369 g/mol. The lowest BCUT2D eigenvalue weighted by atomic mass is 10.0. The van der Waals surface area contributed by atoms with Crippen molar-refractivity contribution in [3.05, 3.63) is 0 Å². The number of rotatable bonds is 9. The first-order chi connectivity index (χ1) is 8.01. The zero-order valence-electron chi connectivity index (χ0n) is 9.80. The number of carbonyl (C=O) groups excluding carboxylic acids is 3. The molecule has 1 amide bonds. The Bertz CT molecular complexity index is 282. The van der Waals surface area contributed by atoms with Crippen molar-refractivity contribution in [2.75, 3.05) is 10.7 Å². The fourth-order valence-corrected chi connectivity index (χ4v) is 1.79. The molecule has 0 aliphatic heterocycles. The number of nitrogens with one attached hydrogen (secondary N) is 1. The van der Waals surface area contributed by atoms with Crippen molar-refractivity contribution in [2.45, 2.75) is 38.6 Å². The molecule has 0 aromatic heterocycles. The molecule has 98 valence electrons. The first-order valence-electron chi connectivity index (χ1n) is 5.44. The highest BCUT2D eigenvalue weighted by Crippen LogP contribution is 2.06. The Hall–Kier alpha value is -0.230. The molecule has 0 saturated carbocycles. The van der Waals surface area contributed by atoms with Gasteiger partial charge < -0.3 is 5.32 Å². The average Bonchev–Trinajstić information content (AvgIpc) is 2.31. The third-order valence-corrected chi connectivity index (χ3v) is 3.43. The minimum atomic E-state index is -0.431. The summed E-state index contributed by atoms with van der Waals surface area (Å²) >= 11 is 6.12. The molecule has 0 aromatic rings. The van der Waals surface area contributed by atoms with Crippen LogP contribution in [0.2, 0.25) is 0 Å². The fraction of sp³-hybridized carbons (Fsp3) is 0.727. The van der Waals surface area contributed by atoms with Gasteiger partial charge in [-0.3, -0.25) is 14.4 Å². The zero-order valence-corrected chi connectivity index (χ0v) is 13.0. The van der Waals surface area contributed by atoms with Crippen LogP contribution in [0.4, 0.5) is 0 Å². The summed E-state index contributed by atoms with van der Waals surface area (Å²) in [5, 5.41) is 3.21. The Morgan fingerprint density at radius 3 is 2.24 bits per heavy atom. The second-order valence-corrected chi connectivity index (χ2v) is 4.90. The van der Waals surface area contributed by atoms with E-state index < -0.39 is 6.04 Å². The van der Waals surface area contributed by atoms with Gasteiger partial charge in [-0.2, -0.15) is 0 Å². The minimum absolute atomic E-state index is 0.0499. The van der Waals surface area contributed by atoms with E-state index in [2.05, 4.69) is 37.2 Å². The molecule has 0 spiro atoms. The zero-order chi connectivity index (χ0) is 13.3. The number of alkyl halides is 2. The van der Waals surface area contributed by atoms with E-state index in [1.165, 1.54) is 6.92 Å². The van der Waals surface area contributed by atoms with Crippen LogP contribution < -0.4 is 5.32 Å². The van der Waals surface area contributed by atoms with Crippen molar-refractivity contribution >= 4 is 49.3 Å². The molecule has 1 unspecified atom stereocenters. The third kappa shape index (κ3) is 8.49. The summed E-state index contributed by atoms with van der Waals surface area (Å²) in [6.07, 6.45) is 2.61. The van der Waals surface area contributed by atoms with Gasteiger partial charge in [-0.1, -0.05) is 38.3 Å². The maximum atomic E-state index is 11.3. The van der Waals surface area contributed by atoms with Crippen LogP contribution >= 0.6 is 31.9 Å². The van der Waals surface area contributed by atoms with Gasteiger partial charge in [-0.25, -0.2) is 0 Å². The van der Waals surface area contributed by atoms with Gasteiger partial charge in [0.25, 0.3) is 0 Å². The third-order valence-electron chi connectivity index (χ3n) is 2.29. The van der Waals surface area contributed by atoms with E-state index in [9.17, 15) is 14.4 Å². The summed E-state index contributed by atoms with van der Waals surface area (Å²) in [6.45, 7) is 1.46. The summed E-state index contributed by atoms with van der Waals surface area (Å²) in [7, 11) is 0. The molecule has 0 fully saturated rings. The number of halogens is 2. The topological polar surface area (TPSA) is 63.2 Å². The number of ketones is 2. The van der Waals surface area contributed by atoms with E-state index in [4.69, 9.17) is 0 Å². The Labute approximate surface area is 118 Å². The van der Waals surface area contributed by atoms with E-state index in [1.807, 2.05) is 0 Å². The van der Waals surface area contributed by atoms with Crippen LogP contribution in [-0.4, -0.2) is 34.2 Å². The maximum Gasteiger partial charge on any atom is 0.231 e. The van der Waals surface area contributed by atoms with Crippen LogP contribution in [-0.2, 0) is 14.4 Å². The molecule has 0 aliphatic carbocycles. The molecular weight excluding hydrogens is 354 g/mol. The van der Waals surface area contributed by atoms with Gasteiger partial charge in [-0.15, -0.1) is 0 Å². The second kappa shape index (κ2) is 9.76. The van der Waals surface area contributed by atoms with Gasteiger partial charge in [0, 0.05) is 6.42 Å². The van der Waals surface area contributed by atoms with Crippen molar-refractivity contribution in [3.8, 4) is 0 Å². The van der Waals surface area contributed by atoms with Crippen LogP contribution in [0.5, 0.6) is 0 Å². The molecule has 17 heavy (non-hydrogen) atoms. The van der Waals surface area contributed by atoms with Gasteiger partial charge >= 0.3 is 0 Å². The van der Waals surface area contributed by atoms with Crippen LogP contribution in [0.1, 0.15) is 32.6 Å². The van der Waals surface area contributed by atoms with Crippen molar-refractivity contribution in [1.29, 1.82) is 0 Å². The van der Waals surface area contributed by atoms with Crippen LogP contribution in [0, 0.1) is 0 Å². The Morgan fingerprint density at radius 2 is 1.76 bits per heavy atom. The van der Waals surface area contributed by atoms with Gasteiger partial charge in [0.05, 0.1) is 16.7 Å². The van der Waals surface area contributed by atoms with Gasteiger partial charge in [-0.05, 0) is 19.8 Å². The Kier molecular flexibility index (Phi) is 9.63. The van der Waals surface area contributed by atoms with E-state index in [-0.39, 0.29) is 22.8 Å². The van der Waals surface area contributed by atoms with E-state index in [0.717, 1.165) is 12.8 Å². The quantitative estimate of drug-likeness (QED) is 0.498. The first-order valence-corrected chi connectivity index (χ1v) is 7.69. The maximum absolute atomic E-state index is 11.3. The predicted molar refractivity (Wildman–Crippen MR) is 73.7 cm³/mol. The summed E-state index contributed by atoms with van der Waals surface area (Å²) in [6, 6.07) is -0.431. The standard InChI is InChI=1S/C11H17Br2NO3/c1-8(15)10(14-11(17)7-13)5-3-2-4-9(16)6-12/h10H,2-7H2,1H3,(H,14,17). The van der Waals surface area contributed by atoms with E-state index in [0.29, 0.717) is 18.2 Å². The molecule has 0 heterocycles. The lowest BCUT2D eigenvalue weighted by Gasteiger charge is -2.14. The molecule has 0 saturated heterocycles.